The van der Waals surface area contributed by atoms with Crippen molar-refractivity contribution in [2.45, 2.75) is 6.42 Å². The molecule has 6 heteroatoms. The van der Waals surface area contributed by atoms with Crippen molar-refractivity contribution >= 4 is 22.1 Å². The molecule has 0 aromatic heterocycles. The van der Waals surface area contributed by atoms with Gasteiger partial charge in [0.05, 0.1) is 21.3 Å². The molecule has 0 radical (unpaired) electrons. The van der Waals surface area contributed by atoms with Crippen molar-refractivity contribution < 1.29 is 19.3 Å². The zero-order chi connectivity index (χ0) is 17.5. The topological polar surface area (TPSA) is 60.3 Å². The van der Waals surface area contributed by atoms with Crippen LogP contribution in [-0.4, -0.2) is 39.2 Å². The van der Waals surface area contributed by atoms with E-state index in [9.17, 15) is 5.11 Å². The van der Waals surface area contributed by atoms with Crippen LogP contribution in [-0.2, 0) is 6.42 Å². The van der Waals surface area contributed by atoms with Gasteiger partial charge in [-0.2, -0.15) is 0 Å². The third-order valence-corrected chi connectivity index (χ3v) is 4.28. The van der Waals surface area contributed by atoms with Crippen molar-refractivity contribution in [2.75, 3.05) is 27.9 Å². The number of phenols is 1. The highest BCUT2D eigenvalue weighted by molar-refractivity contribution is 9.10. The van der Waals surface area contributed by atoms with E-state index in [0.29, 0.717) is 29.4 Å². The van der Waals surface area contributed by atoms with E-state index < -0.39 is 0 Å². The van der Waals surface area contributed by atoms with Crippen LogP contribution in [0.2, 0.25) is 0 Å². The van der Waals surface area contributed by atoms with E-state index in [1.807, 2.05) is 18.2 Å². The molecule has 0 aliphatic carbocycles. The summed E-state index contributed by atoms with van der Waals surface area (Å²) in [6.07, 6.45) is 2.37. The normalized spacial score (nSPS) is 10.8. The van der Waals surface area contributed by atoms with Gasteiger partial charge in [0.2, 0.25) is 0 Å². The fraction of sp³-hybridized carbons (Fsp3) is 0.278. The number of para-hydroxylation sites is 1. The van der Waals surface area contributed by atoms with E-state index in [2.05, 4.69) is 20.9 Å². The van der Waals surface area contributed by atoms with Crippen molar-refractivity contribution in [3.05, 3.63) is 45.9 Å². The van der Waals surface area contributed by atoms with Gasteiger partial charge in [-0.25, -0.2) is 0 Å². The number of benzene rings is 2. The minimum Gasteiger partial charge on any atom is -0.504 e. The number of halogens is 1. The Labute approximate surface area is 150 Å². The number of aromatic hydroxyl groups is 1. The third kappa shape index (κ3) is 4.20. The van der Waals surface area contributed by atoms with Crippen molar-refractivity contribution in [1.29, 1.82) is 0 Å². The Bertz CT molecular complexity index is 731. The molecule has 2 aromatic rings. The summed E-state index contributed by atoms with van der Waals surface area (Å²) in [5.74, 6) is 1.89. The number of aliphatic imine (C=N–C) groups is 1. The molecular weight excluding hydrogens is 374 g/mol. The zero-order valence-corrected chi connectivity index (χ0v) is 15.5. The van der Waals surface area contributed by atoms with E-state index in [1.54, 1.807) is 32.6 Å². The first-order valence-electron chi connectivity index (χ1n) is 7.37. The van der Waals surface area contributed by atoms with Crippen LogP contribution < -0.4 is 14.2 Å². The molecule has 0 fully saturated rings. The summed E-state index contributed by atoms with van der Waals surface area (Å²) in [5, 5.41) is 10.0. The Morgan fingerprint density at radius 1 is 1.04 bits per heavy atom. The van der Waals surface area contributed by atoms with Gasteiger partial charge < -0.3 is 19.3 Å². The van der Waals surface area contributed by atoms with Crippen LogP contribution in [0.25, 0.3) is 0 Å². The Morgan fingerprint density at radius 2 is 1.71 bits per heavy atom. The first-order valence-corrected chi connectivity index (χ1v) is 8.16. The predicted octanol–water partition coefficient (Wildman–Crippen LogP) is 3.84. The number of nitrogens with zero attached hydrogens (tertiary/aromatic N) is 1. The quantitative estimate of drug-likeness (QED) is 0.725. The second kappa shape index (κ2) is 8.59. The third-order valence-electron chi connectivity index (χ3n) is 3.54. The van der Waals surface area contributed by atoms with E-state index >= 15 is 0 Å². The Morgan fingerprint density at radius 3 is 2.38 bits per heavy atom. The van der Waals surface area contributed by atoms with Gasteiger partial charge in [-0.3, -0.25) is 4.99 Å². The summed E-state index contributed by atoms with van der Waals surface area (Å²) in [7, 11) is 4.73. The summed E-state index contributed by atoms with van der Waals surface area (Å²) in [6, 6.07) is 9.11. The highest BCUT2D eigenvalue weighted by Gasteiger charge is 2.09. The molecule has 0 heterocycles. The van der Waals surface area contributed by atoms with Crippen LogP contribution in [0.5, 0.6) is 23.0 Å². The maximum atomic E-state index is 10.0. The molecule has 5 nitrogen and oxygen atoms in total. The smallest absolute Gasteiger partial charge is 0.166 e. The highest BCUT2D eigenvalue weighted by Crippen LogP contribution is 2.33. The van der Waals surface area contributed by atoms with Gasteiger partial charge in [-0.15, -0.1) is 0 Å². The molecule has 2 aromatic carbocycles. The minimum atomic E-state index is 0.0936. The molecule has 0 atom stereocenters. The maximum absolute atomic E-state index is 10.0. The maximum Gasteiger partial charge on any atom is 0.166 e. The monoisotopic (exact) mass is 393 g/mol. The predicted molar refractivity (Wildman–Crippen MR) is 98.1 cm³/mol. The van der Waals surface area contributed by atoms with E-state index in [1.165, 1.54) is 7.11 Å². The molecule has 0 aliphatic rings. The van der Waals surface area contributed by atoms with Crippen molar-refractivity contribution in [3.63, 3.8) is 0 Å². The minimum absolute atomic E-state index is 0.0936. The Kier molecular flexibility index (Phi) is 6.49. The van der Waals surface area contributed by atoms with E-state index in [4.69, 9.17) is 14.2 Å². The molecule has 128 valence electrons. The van der Waals surface area contributed by atoms with Crippen LogP contribution in [0.15, 0.2) is 39.8 Å². The van der Waals surface area contributed by atoms with Crippen LogP contribution in [0.1, 0.15) is 11.1 Å². The molecule has 0 unspecified atom stereocenters. The molecule has 0 aliphatic heterocycles. The number of methoxy groups -OCH3 is 3. The molecule has 0 bridgehead atoms. The summed E-state index contributed by atoms with van der Waals surface area (Å²) < 4.78 is 16.6. The van der Waals surface area contributed by atoms with E-state index in [0.717, 1.165) is 16.5 Å². The SMILES string of the molecule is COc1cc(Br)c(CCN=Cc2cccc(OC)c2O)cc1OC. The summed E-state index contributed by atoms with van der Waals surface area (Å²) in [4.78, 5) is 4.38. The average molecular weight is 394 g/mol. The molecule has 1 N–H and O–H groups in total. The van der Waals surface area contributed by atoms with Gasteiger partial charge in [0.1, 0.15) is 0 Å². The number of phenolic OH excluding ortho intramolecular Hbond substituents is 1. The lowest BCUT2D eigenvalue weighted by atomic mass is 10.1. The molecule has 0 amide bonds. The van der Waals surface area contributed by atoms with Gasteiger partial charge in [0.15, 0.2) is 23.0 Å². The molecule has 0 spiro atoms. The largest absolute Gasteiger partial charge is 0.504 e. The van der Waals surface area contributed by atoms with Gasteiger partial charge in [-0.05, 0) is 36.2 Å². The fourth-order valence-corrected chi connectivity index (χ4v) is 2.76. The molecule has 0 saturated carbocycles. The van der Waals surface area contributed by atoms with E-state index in [-0.39, 0.29) is 5.75 Å². The highest BCUT2D eigenvalue weighted by atomic mass is 79.9. The van der Waals surface area contributed by atoms with Crippen molar-refractivity contribution in [1.82, 2.24) is 0 Å². The van der Waals surface area contributed by atoms with Crippen molar-refractivity contribution in [2.24, 2.45) is 4.99 Å². The average Bonchev–Trinajstić information content (AvgIpc) is 2.60. The van der Waals surface area contributed by atoms with Gasteiger partial charge in [0.25, 0.3) is 0 Å². The number of rotatable bonds is 7. The van der Waals surface area contributed by atoms with Crippen LogP contribution in [0.4, 0.5) is 0 Å². The lowest BCUT2D eigenvalue weighted by Crippen LogP contribution is -1.97. The Balaban J connectivity index is 2.07. The summed E-state index contributed by atoms with van der Waals surface area (Å²) >= 11 is 3.53. The molecule has 24 heavy (non-hydrogen) atoms. The second-order valence-corrected chi connectivity index (χ2v) is 5.84. The zero-order valence-electron chi connectivity index (χ0n) is 13.9. The molecule has 2 rings (SSSR count). The van der Waals surface area contributed by atoms with Crippen LogP contribution in [0.3, 0.4) is 0 Å². The number of hydrogen-bond donors (Lipinski definition) is 1. The Hall–Kier alpha value is -2.21. The van der Waals surface area contributed by atoms with Crippen LogP contribution >= 0.6 is 15.9 Å². The summed E-state index contributed by atoms with van der Waals surface area (Å²) in [5.41, 5.74) is 1.69. The van der Waals surface area contributed by atoms with Gasteiger partial charge in [-0.1, -0.05) is 22.0 Å². The molecular formula is C18H20BrNO4. The lowest BCUT2D eigenvalue weighted by molar-refractivity contribution is 0.354. The van der Waals surface area contributed by atoms with Crippen LogP contribution in [0, 0.1) is 0 Å². The first-order chi connectivity index (χ1) is 11.6. The molecule has 0 saturated heterocycles. The second-order valence-electron chi connectivity index (χ2n) is 4.98. The number of hydrogen-bond acceptors (Lipinski definition) is 5. The first kappa shape index (κ1) is 18.1. The van der Waals surface area contributed by atoms with Gasteiger partial charge in [0, 0.05) is 22.8 Å². The summed E-state index contributed by atoms with van der Waals surface area (Å²) in [6.45, 7) is 0.574. The lowest BCUT2D eigenvalue weighted by Gasteiger charge is -2.11. The van der Waals surface area contributed by atoms with Gasteiger partial charge >= 0.3 is 0 Å². The number of ether oxygens (including phenoxy) is 3. The standard InChI is InChI=1S/C18H20BrNO4/c1-22-15-6-4-5-13(18(15)21)11-20-8-7-12-9-16(23-2)17(24-3)10-14(12)19/h4-6,9-11,21H,7-8H2,1-3H3. The van der Waals surface area contributed by atoms with Crippen molar-refractivity contribution in [3.8, 4) is 23.0 Å². The fourth-order valence-electron chi connectivity index (χ4n) is 2.24.